The minimum Gasteiger partial charge on any atom is -0.457 e. The lowest BCUT2D eigenvalue weighted by Crippen LogP contribution is -2.26. The van der Waals surface area contributed by atoms with Crippen molar-refractivity contribution < 1.29 is 18.8 Å². The van der Waals surface area contributed by atoms with Crippen molar-refractivity contribution in [2.24, 2.45) is 0 Å². The van der Waals surface area contributed by atoms with Crippen LogP contribution in [0.2, 0.25) is 0 Å². The number of nitrogens with one attached hydrogen (secondary N) is 3. The van der Waals surface area contributed by atoms with Crippen molar-refractivity contribution in [3.8, 4) is 0 Å². The lowest BCUT2D eigenvalue weighted by Gasteiger charge is -2.01. The molecule has 1 unspecified atom stereocenters. The molecule has 1 aliphatic carbocycles. The number of carbonyl (C=O) groups is 3. The van der Waals surface area contributed by atoms with Crippen LogP contribution < -0.4 is 16.0 Å². The van der Waals surface area contributed by atoms with Gasteiger partial charge >= 0.3 is 6.03 Å². The van der Waals surface area contributed by atoms with Crippen molar-refractivity contribution in [2.75, 3.05) is 0 Å². The number of hydrogen-bond acceptors (Lipinski definition) is 5. The third-order valence-electron chi connectivity index (χ3n) is 3.60. The van der Waals surface area contributed by atoms with Crippen molar-refractivity contribution in [3.05, 3.63) is 29.7 Å². The number of hydrogen-bond donors (Lipinski definition) is 3. The standard InChI is InChI=1S/C14H12N4O4/c19-12(15-6-1-2-6)7-3-4-9-8(16-7)5-10(22-9)11-13(20)18-14(21)17-11/h3-6,11H,1-2H2,(H,15,19)(H2,17,18,20,21). The van der Waals surface area contributed by atoms with Crippen molar-refractivity contribution in [1.29, 1.82) is 0 Å². The minimum atomic E-state index is -0.870. The van der Waals surface area contributed by atoms with E-state index in [4.69, 9.17) is 4.42 Å². The van der Waals surface area contributed by atoms with Gasteiger partial charge in [0.15, 0.2) is 11.6 Å². The highest BCUT2D eigenvalue weighted by molar-refractivity contribution is 6.04. The summed E-state index contributed by atoms with van der Waals surface area (Å²) in [6, 6.07) is 3.57. The Morgan fingerprint density at radius 3 is 2.82 bits per heavy atom. The maximum absolute atomic E-state index is 12.0. The fourth-order valence-electron chi connectivity index (χ4n) is 2.32. The van der Waals surface area contributed by atoms with E-state index in [-0.39, 0.29) is 17.7 Å². The van der Waals surface area contributed by atoms with E-state index in [0.717, 1.165) is 12.8 Å². The van der Waals surface area contributed by atoms with Crippen LogP contribution in [0.4, 0.5) is 4.79 Å². The molecule has 4 rings (SSSR count). The van der Waals surface area contributed by atoms with E-state index >= 15 is 0 Å². The minimum absolute atomic E-state index is 0.223. The van der Waals surface area contributed by atoms with Gasteiger partial charge in [-0.3, -0.25) is 14.9 Å². The molecule has 0 aromatic carbocycles. The topological polar surface area (TPSA) is 113 Å². The van der Waals surface area contributed by atoms with E-state index in [2.05, 4.69) is 20.9 Å². The van der Waals surface area contributed by atoms with E-state index in [1.165, 1.54) is 0 Å². The number of nitrogens with zero attached hydrogens (tertiary/aromatic N) is 1. The van der Waals surface area contributed by atoms with Crippen molar-refractivity contribution in [1.82, 2.24) is 20.9 Å². The van der Waals surface area contributed by atoms with Crippen LogP contribution in [0, 0.1) is 0 Å². The molecule has 0 spiro atoms. The maximum atomic E-state index is 12.0. The molecule has 4 amide bonds. The summed E-state index contributed by atoms with van der Waals surface area (Å²) in [6.45, 7) is 0. The number of fused-ring (bicyclic) bond motifs is 1. The smallest absolute Gasteiger partial charge is 0.322 e. The second-order valence-electron chi connectivity index (χ2n) is 5.37. The highest BCUT2D eigenvalue weighted by Crippen LogP contribution is 2.25. The highest BCUT2D eigenvalue weighted by Gasteiger charge is 2.33. The number of furan rings is 1. The summed E-state index contributed by atoms with van der Waals surface area (Å²) >= 11 is 0. The molecule has 1 atom stereocenters. The van der Waals surface area contributed by atoms with Gasteiger partial charge in [-0.05, 0) is 25.0 Å². The van der Waals surface area contributed by atoms with Crippen LogP contribution in [0.15, 0.2) is 22.6 Å². The Hall–Kier alpha value is -2.90. The SMILES string of the molecule is O=C1NC(=O)C(c2cc3nc(C(=O)NC4CC4)ccc3o2)N1. The lowest BCUT2D eigenvalue weighted by molar-refractivity contribution is -0.120. The van der Waals surface area contributed by atoms with Crippen LogP contribution in [0.25, 0.3) is 11.1 Å². The van der Waals surface area contributed by atoms with Gasteiger partial charge in [0.1, 0.15) is 17.0 Å². The molecule has 2 fully saturated rings. The molecular formula is C14H12N4O4. The normalized spacial score (nSPS) is 20.8. The van der Waals surface area contributed by atoms with E-state index in [1.807, 2.05) is 0 Å². The number of carbonyl (C=O) groups excluding carboxylic acids is 3. The molecule has 2 aromatic rings. The molecule has 22 heavy (non-hydrogen) atoms. The van der Waals surface area contributed by atoms with Gasteiger partial charge in [-0.25, -0.2) is 9.78 Å². The first-order chi connectivity index (χ1) is 10.6. The summed E-state index contributed by atoms with van der Waals surface area (Å²) in [5.74, 6) is -0.416. The maximum Gasteiger partial charge on any atom is 0.322 e. The quantitative estimate of drug-likeness (QED) is 0.718. The largest absolute Gasteiger partial charge is 0.457 e. The van der Waals surface area contributed by atoms with E-state index in [0.29, 0.717) is 16.8 Å². The second kappa shape index (κ2) is 4.55. The van der Waals surface area contributed by atoms with E-state index < -0.39 is 18.0 Å². The van der Waals surface area contributed by atoms with Gasteiger partial charge in [0.05, 0.1) is 0 Å². The Labute approximate surface area is 124 Å². The molecule has 3 heterocycles. The third kappa shape index (κ3) is 2.18. The van der Waals surface area contributed by atoms with Gasteiger partial charge in [-0.15, -0.1) is 0 Å². The zero-order valence-electron chi connectivity index (χ0n) is 11.4. The number of aromatic nitrogens is 1. The molecule has 8 nitrogen and oxygen atoms in total. The van der Waals surface area contributed by atoms with Crippen LogP contribution in [0.3, 0.4) is 0 Å². The van der Waals surface area contributed by atoms with Gasteiger partial charge in [0, 0.05) is 12.1 Å². The molecule has 1 saturated carbocycles. The molecule has 3 N–H and O–H groups in total. The van der Waals surface area contributed by atoms with Crippen LogP contribution >= 0.6 is 0 Å². The summed E-state index contributed by atoms with van der Waals surface area (Å²) in [7, 11) is 0. The Bertz CT molecular complexity index is 808. The highest BCUT2D eigenvalue weighted by atomic mass is 16.3. The molecular weight excluding hydrogens is 288 g/mol. The Balaban J connectivity index is 1.64. The third-order valence-corrected chi connectivity index (χ3v) is 3.60. The molecule has 1 aliphatic heterocycles. The Kier molecular flexibility index (Phi) is 2.65. The Morgan fingerprint density at radius 1 is 1.32 bits per heavy atom. The Morgan fingerprint density at radius 2 is 2.14 bits per heavy atom. The van der Waals surface area contributed by atoms with Crippen molar-refractivity contribution in [3.63, 3.8) is 0 Å². The van der Waals surface area contributed by atoms with E-state index in [1.54, 1.807) is 18.2 Å². The molecule has 8 heteroatoms. The van der Waals surface area contributed by atoms with Crippen molar-refractivity contribution in [2.45, 2.75) is 24.9 Å². The van der Waals surface area contributed by atoms with E-state index in [9.17, 15) is 14.4 Å². The van der Waals surface area contributed by atoms with Gasteiger partial charge in [-0.1, -0.05) is 0 Å². The molecule has 2 aliphatic rings. The van der Waals surface area contributed by atoms with Gasteiger partial charge in [0.2, 0.25) is 0 Å². The second-order valence-corrected chi connectivity index (χ2v) is 5.37. The number of pyridine rings is 1. The fourth-order valence-corrected chi connectivity index (χ4v) is 2.32. The predicted molar refractivity (Wildman–Crippen MR) is 73.9 cm³/mol. The average molecular weight is 300 g/mol. The van der Waals surface area contributed by atoms with Crippen LogP contribution in [0.1, 0.15) is 35.1 Å². The summed E-state index contributed by atoms with van der Waals surface area (Å²) in [5, 5.41) is 7.44. The van der Waals surface area contributed by atoms with Gasteiger partial charge in [-0.2, -0.15) is 0 Å². The van der Waals surface area contributed by atoms with Crippen LogP contribution in [-0.2, 0) is 4.79 Å². The number of urea groups is 1. The zero-order chi connectivity index (χ0) is 15.3. The zero-order valence-corrected chi connectivity index (χ0v) is 11.4. The molecule has 1 saturated heterocycles. The van der Waals surface area contributed by atoms with Crippen molar-refractivity contribution >= 4 is 28.9 Å². The first kappa shape index (κ1) is 12.8. The molecule has 2 aromatic heterocycles. The summed E-state index contributed by atoms with van der Waals surface area (Å²) in [5.41, 5.74) is 1.21. The van der Waals surface area contributed by atoms with Crippen LogP contribution in [-0.4, -0.2) is 28.9 Å². The van der Waals surface area contributed by atoms with Gasteiger partial charge in [0.25, 0.3) is 11.8 Å². The van der Waals surface area contributed by atoms with Gasteiger partial charge < -0.3 is 15.1 Å². The predicted octanol–water partition coefficient (Wildman–Crippen LogP) is 0.600. The first-order valence-electron chi connectivity index (χ1n) is 6.93. The monoisotopic (exact) mass is 300 g/mol. The summed E-state index contributed by atoms with van der Waals surface area (Å²) < 4.78 is 5.53. The summed E-state index contributed by atoms with van der Waals surface area (Å²) in [6.07, 6.45) is 2.00. The number of imide groups is 1. The average Bonchev–Trinajstić information content (AvgIpc) is 3.09. The molecule has 0 bridgehead atoms. The van der Waals surface area contributed by atoms with Crippen LogP contribution in [0.5, 0.6) is 0 Å². The molecule has 112 valence electrons. The molecule has 0 radical (unpaired) electrons. The number of amides is 4. The fraction of sp³-hybridized carbons (Fsp3) is 0.286. The summed E-state index contributed by atoms with van der Waals surface area (Å²) in [4.78, 5) is 39.0. The number of rotatable bonds is 3. The first-order valence-corrected chi connectivity index (χ1v) is 6.93. The lowest BCUT2D eigenvalue weighted by atomic mass is 10.2.